The molecule has 0 bridgehead atoms. The van der Waals surface area contributed by atoms with Crippen LogP contribution in [0.5, 0.6) is 5.75 Å². The fourth-order valence-electron chi connectivity index (χ4n) is 7.90. The third kappa shape index (κ3) is 7.31. The van der Waals surface area contributed by atoms with Gasteiger partial charge in [-0.25, -0.2) is 0 Å². The first kappa shape index (κ1) is 37.7. The van der Waals surface area contributed by atoms with Gasteiger partial charge < -0.3 is 12.5 Å². The van der Waals surface area contributed by atoms with E-state index in [1.165, 1.54) is 21.9 Å². The van der Waals surface area contributed by atoms with E-state index in [1.54, 1.807) is 0 Å². The molecule has 1 fully saturated rings. The SMILES string of the molecule is CC[Si](CC)(c1cc(C)cc(C(C)(C)C)c1O)C1C2C=C(C(C)(C)C)C=CC2C2C=CC(C(C)(C)C)=CC21.[CH3-].[Cl][Ti][Cl]. The van der Waals surface area contributed by atoms with Crippen LogP contribution in [0.15, 0.2) is 59.7 Å². The van der Waals surface area contributed by atoms with Gasteiger partial charge in [0.05, 0.1) is 8.07 Å². The van der Waals surface area contributed by atoms with Crippen LogP contribution < -0.4 is 5.19 Å². The molecule has 1 N–H and O–H groups in total. The molecule has 1 nitrogen and oxygen atoms in total. The molecule has 1 aromatic carbocycles. The van der Waals surface area contributed by atoms with Gasteiger partial charge in [-0.1, -0.05) is 142 Å². The van der Waals surface area contributed by atoms with Crippen LogP contribution in [0.3, 0.4) is 0 Å². The van der Waals surface area contributed by atoms with Gasteiger partial charge in [0.25, 0.3) is 0 Å². The predicted molar refractivity (Wildman–Crippen MR) is 187 cm³/mol. The number of aromatic hydroxyl groups is 1. The van der Waals surface area contributed by atoms with Crippen LogP contribution in [-0.4, -0.2) is 13.2 Å². The normalized spacial score (nSPS) is 25.3. The fraction of sp³-hybridized carbons (Fsp3) is 0.595. The topological polar surface area (TPSA) is 20.2 Å². The van der Waals surface area contributed by atoms with E-state index < -0.39 is 25.1 Å². The van der Waals surface area contributed by atoms with E-state index in [0.29, 0.717) is 35.0 Å². The number of phenolic OH excluding ortho intramolecular Hbond substituents is 1. The first-order valence-electron chi connectivity index (χ1n) is 15.5. The second kappa shape index (κ2) is 13.9. The second-order valence-electron chi connectivity index (χ2n) is 15.7. The van der Waals surface area contributed by atoms with Crippen LogP contribution in [0.1, 0.15) is 87.3 Å². The Morgan fingerprint density at radius 2 is 1.14 bits per heavy atom. The maximum absolute atomic E-state index is 12.0. The standard InChI is InChI=1S/C36H54OSi.CH3.2ClH.Ti/c1-13-38(14-2,31-20-23(3)19-30(32(31)37)36(10,11)12)33-28-21-24(34(4,5)6)15-17-26(28)27-18-16-25(22-29(27)33)35(7,8)9;;;;/h15-22,26-29,33,37H,13-14H2,1-12H3;1H3;2*1H;/q;-1;;;+2/p-2. The number of benzene rings is 1. The van der Waals surface area contributed by atoms with Gasteiger partial charge in [0.2, 0.25) is 0 Å². The van der Waals surface area contributed by atoms with Crippen molar-refractivity contribution in [3.8, 4) is 5.75 Å². The summed E-state index contributed by atoms with van der Waals surface area (Å²) in [5, 5.41) is 13.4. The van der Waals surface area contributed by atoms with Crippen molar-refractivity contribution in [2.45, 2.75) is 106 Å². The molecule has 0 aromatic heterocycles. The Kier molecular flexibility index (Phi) is 12.4. The molecule has 0 spiro atoms. The van der Waals surface area contributed by atoms with E-state index in [1.807, 2.05) is 0 Å². The first-order valence-corrected chi connectivity index (χ1v) is 22.3. The number of fused-ring (bicyclic) bond motifs is 3. The molecular weight excluding hydrogens is 607 g/mol. The maximum atomic E-state index is 12.0. The first-order chi connectivity index (χ1) is 18.9. The van der Waals surface area contributed by atoms with Crippen LogP contribution >= 0.6 is 18.6 Å². The zero-order valence-corrected chi connectivity index (χ0v) is 32.7. The number of hydrogen-bond donors (Lipinski definition) is 1. The molecule has 0 amide bonds. The van der Waals surface area contributed by atoms with Crippen LogP contribution in [0.4, 0.5) is 0 Å². The molecule has 0 heterocycles. The van der Waals surface area contributed by atoms with Gasteiger partial charge in [0, 0.05) is 0 Å². The van der Waals surface area contributed by atoms with Crippen molar-refractivity contribution in [3.63, 3.8) is 0 Å². The average Bonchev–Trinajstić information content (AvgIpc) is 3.19. The molecule has 0 aliphatic heterocycles. The Morgan fingerprint density at radius 1 is 0.738 bits per heavy atom. The average molecular weight is 665 g/mol. The molecule has 5 heteroatoms. The summed E-state index contributed by atoms with van der Waals surface area (Å²) < 4.78 is 0. The van der Waals surface area contributed by atoms with Crippen molar-refractivity contribution in [2.75, 3.05) is 0 Å². The van der Waals surface area contributed by atoms with E-state index >= 15 is 0 Å². The Labute approximate surface area is 277 Å². The summed E-state index contributed by atoms with van der Waals surface area (Å²) in [6.07, 6.45) is 15.3. The van der Waals surface area contributed by atoms with Gasteiger partial charge in [0.1, 0.15) is 5.75 Å². The summed E-state index contributed by atoms with van der Waals surface area (Å²) in [6.45, 7) is 27.9. The molecule has 4 rings (SSSR count). The van der Waals surface area contributed by atoms with Crippen molar-refractivity contribution in [1.82, 2.24) is 0 Å². The number of allylic oxidation sites excluding steroid dienone is 8. The minimum atomic E-state index is -2.17. The van der Waals surface area contributed by atoms with Crippen molar-refractivity contribution in [1.29, 1.82) is 0 Å². The third-order valence-corrected chi connectivity index (χ3v) is 16.2. The monoisotopic (exact) mass is 663 g/mol. The fourth-order valence-corrected chi connectivity index (χ4v) is 13.7. The van der Waals surface area contributed by atoms with Gasteiger partial charge in [-0.3, -0.25) is 0 Å². The molecule has 4 unspecified atom stereocenters. The zero-order chi connectivity index (χ0) is 31.1. The van der Waals surface area contributed by atoms with Crippen LogP contribution in [0.25, 0.3) is 0 Å². The second-order valence-corrected chi connectivity index (χ2v) is 23.2. The van der Waals surface area contributed by atoms with Gasteiger partial charge in [-0.15, -0.1) is 0 Å². The zero-order valence-electron chi connectivity index (χ0n) is 28.6. The number of phenols is 1. The molecule has 4 atom stereocenters. The summed E-state index contributed by atoms with van der Waals surface area (Å²) in [5.74, 6) is 2.67. The molecule has 3 aliphatic rings. The van der Waals surface area contributed by atoms with Crippen molar-refractivity contribution in [3.05, 3.63) is 78.3 Å². The quantitative estimate of drug-likeness (QED) is 0.251. The number of halogens is 2. The summed E-state index contributed by atoms with van der Waals surface area (Å²) >= 11 is -0.556. The molecular formula is C37H57Cl2OSiTi-. The van der Waals surface area contributed by atoms with Crippen molar-refractivity contribution in [2.24, 2.45) is 34.5 Å². The summed E-state index contributed by atoms with van der Waals surface area (Å²) in [5.41, 5.74) is 6.09. The molecule has 1 aromatic rings. The van der Waals surface area contributed by atoms with Crippen LogP contribution in [0.2, 0.25) is 17.6 Å². The van der Waals surface area contributed by atoms with E-state index in [0.717, 1.165) is 17.7 Å². The summed E-state index contributed by atoms with van der Waals surface area (Å²) in [6, 6.07) is 6.93. The Morgan fingerprint density at radius 3 is 1.48 bits per heavy atom. The Balaban J connectivity index is 0.00000148. The molecule has 0 saturated heterocycles. The van der Waals surface area contributed by atoms with E-state index in [2.05, 4.69) is 132 Å². The Hall–Kier alpha value is -0.509. The van der Waals surface area contributed by atoms with E-state index in [-0.39, 0.29) is 23.7 Å². The van der Waals surface area contributed by atoms with Gasteiger partial charge in [-0.05, 0) is 74.3 Å². The summed E-state index contributed by atoms with van der Waals surface area (Å²) in [7, 11) is 7.60. The minimum absolute atomic E-state index is 0. The predicted octanol–water partition coefficient (Wildman–Crippen LogP) is 11.5. The molecule has 0 radical (unpaired) electrons. The van der Waals surface area contributed by atoms with Gasteiger partial charge >= 0.3 is 35.6 Å². The molecule has 3 aliphatic carbocycles. The van der Waals surface area contributed by atoms with Crippen LogP contribution in [0, 0.1) is 48.9 Å². The van der Waals surface area contributed by atoms with E-state index in [4.69, 9.17) is 18.6 Å². The summed E-state index contributed by atoms with van der Waals surface area (Å²) in [4.78, 5) is 0. The van der Waals surface area contributed by atoms with Gasteiger partial charge in [0.15, 0.2) is 0 Å². The number of rotatable bonds is 4. The van der Waals surface area contributed by atoms with Gasteiger partial charge in [-0.2, -0.15) is 0 Å². The molecule has 234 valence electrons. The molecule has 42 heavy (non-hydrogen) atoms. The van der Waals surface area contributed by atoms with E-state index in [9.17, 15) is 5.11 Å². The van der Waals surface area contributed by atoms with Crippen LogP contribution in [-0.2, 0) is 22.4 Å². The van der Waals surface area contributed by atoms with Crippen molar-refractivity contribution >= 4 is 31.9 Å². The Bertz CT molecular complexity index is 1170. The third-order valence-electron chi connectivity index (χ3n) is 10.1. The number of hydrogen-bond acceptors (Lipinski definition) is 1. The van der Waals surface area contributed by atoms with Crippen molar-refractivity contribution < 1.29 is 22.1 Å². The number of aryl methyl sites for hydroxylation is 1. The molecule has 1 saturated carbocycles.